The molecule has 3 aromatic carbocycles. The van der Waals surface area contributed by atoms with Crippen molar-refractivity contribution in [2.75, 3.05) is 31.4 Å². The molecule has 0 aliphatic rings. The molecule has 4 aromatic rings. The van der Waals surface area contributed by atoms with Gasteiger partial charge in [-0.2, -0.15) is 0 Å². The Morgan fingerprint density at radius 1 is 1.00 bits per heavy atom. The Labute approximate surface area is 222 Å². The van der Waals surface area contributed by atoms with E-state index in [0.29, 0.717) is 24.5 Å². The number of ether oxygens (including phenoxy) is 2. The van der Waals surface area contributed by atoms with Crippen molar-refractivity contribution >= 4 is 28.3 Å². The van der Waals surface area contributed by atoms with Crippen LogP contribution in [-0.2, 0) is 6.54 Å². The number of fused-ring (bicyclic) bond motifs is 1. The van der Waals surface area contributed by atoms with Gasteiger partial charge in [-0.05, 0) is 73.9 Å². The van der Waals surface area contributed by atoms with Gasteiger partial charge < -0.3 is 25.0 Å². The standard InChI is InChI=1S/C30H33FN4O3/c1-21(33-28-19-27(38-3)18-23-7-4-16-32-29(23)28)6-5-17-35(20-22-8-10-24(31)11-9-22)30(36)34-25-12-14-26(37-2)15-13-25/h4,7-16,18-19,21,33H,5-6,17,20H2,1-3H3,(H,34,36). The molecule has 1 aromatic heterocycles. The van der Waals surface area contributed by atoms with Gasteiger partial charge in [-0.25, -0.2) is 9.18 Å². The summed E-state index contributed by atoms with van der Waals surface area (Å²) in [6, 6.07) is 21.2. The number of hydrogen-bond acceptors (Lipinski definition) is 5. The van der Waals surface area contributed by atoms with E-state index in [1.165, 1.54) is 12.1 Å². The van der Waals surface area contributed by atoms with E-state index in [-0.39, 0.29) is 17.9 Å². The molecule has 0 spiro atoms. The highest BCUT2D eigenvalue weighted by Crippen LogP contribution is 2.28. The van der Waals surface area contributed by atoms with Crippen molar-refractivity contribution in [1.82, 2.24) is 9.88 Å². The molecule has 0 aliphatic heterocycles. The number of nitrogens with one attached hydrogen (secondary N) is 2. The Kier molecular flexibility index (Phi) is 8.98. The summed E-state index contributed by atoms with van der Waals surface area (Å²) in [5.41, 5.74) is 3.33. The summed E-state index contributed by atoms with van der Waals surface area (Å²) in [4.78, 5) is 19.5. The van der Waals surface area contributed by atoms with Crippen LogP contribution < -0.4 is 20.1 Å². The molecule has 2 amide bonds. The fraction of sp³-hybridized carbons (Fsp3) is 0.267. The van der Waals surface area contributed by atoms with Gasteiger partial charge in [-0.1, -0.05) is 18.2 Å². The lowest BCUT2D eigenvalue weighted by molar-refractivity contribution is 0.207. The molecular weight excluding hydrogens is 483 g/mol. The summed E-state index contributed by atoms with van der Waals surface area (Å²) < 4.78 is 24.1. The lowest BCUT2D eigenvalue weighted by Crippen LogP contribution is -2.35. The summed E-state index contributed by atoms with van der Waals surface area (Å²) in [6.45, 7) is 3.01. The van der Waals surface area contributed by atoms with E-state index in [9.17, 15) is 9.18 Å². The number of nitrogens with zero attached hydrogens (tertiary/aromatic N) is 2. The zero-order valence-corrected chi connectivity index (χ0v) is 21.9. The van der Waals surface area contributed by atoms with Crippen LogP contribution >= 0.6 is 0 Å². The van der Waals surface area contributed by atoms with Crippen molar-refractivity contribution in [2.24, 2.45) is 0 Å². The van der Waals surface area contributed by atoms with Crippen LogP contribution in [0.25, 0.3) is 10.9 Å². The molecule has 1 heterocycles. The third kappa shape index (κ3) is 7.12. The van der Waals surface area contributed by atoms with Gasteiger partial charge in [0.25, 0.3) is 0 Å². The monoisotopic (exact) mass is 516 g/mol. The lowest BCUT2D eigenvalue weighted by Gasteiger charge is -2.25. The number of carbonyl (C=O) groups is 1. The number of methoxy groups -OCH3 is 2. The fourth-order valence-electron chi connectivity index (χ4n) is 4.26. The van der Waals surface area contributed by atoms with Crippen molar-refractivity contribution in [1.29, 1.82) is 0 Å². The van der Waals surface area contributed by atoms with Gasteiger partial charge in [0.05, 0.1) is 25.4 Å². The van der Waals surface area contributed by atoms with Crippen LogP contribution in [-0.4, -0.2) is 42.7 Å². The Balaban J connectivity index is 1.41. The Hall–Kier alpha value is -4.33. The molecule has 0 saturated carbocycles. The Bertz CT molecular complexity index is 1350. The van der Waals surface area contributed by atoms with Crippen molar-refractivity contribution in [3.05, 3.63) is 90.4 Å². The van der Waals surface area contributed by atoms with E-state index < -0.39 is 0 Å². The summed E-state index contributed by atoms with van der Waals surface area (Å²) in [6.07, 6.45) is 3.36. The second-order valence-corrected chi connectivity index (χ2v) is 9.14. The zero-order chi connectivity index (χ0) is 26.9. The van der Waals surface area contributed by atoms with Crippen molar-refractivity contribution in [3.8, 4) is 11.5 Å². The van der Waals surface area contributed by atoms with Gasteiger partial charge in [0.1, 0.15) is 17.3 Å². The van der Waals surface area contributed by atoms with E-state index in [1.54, 1.807) is 61.7 Å². The molecule has 0 fully saturated rings. The maximum atomic E-state index is 13.4. The SMILES string of the molecule is COc1ccc(NC(=O)N(CCCC(C)Nc2cc(OC)cc3cccnc23)Cc2ccc(F)cc2)cc1. The molecule has 0 saturated heterocycles. The van der Waals surface area contributed by atoms with Crippen LogP contribution in [0.3, 0.4) is 0 Å². The fourth-order valence-corrected chi connectivity index (χ4v) is 4.26. The van der Waals surface area contributed by atoms with Gasteiger partial charge in [0.15, 0.2) is 0 Å². The van der Waals surface area contributed by atoms with Gasteiger partial charge in [-0.15, -0.1) is 0 Å². The second-order valence-electron chi connectivity index (χ2n) is 9.14. The molecule has 1 atom stereocenters. The number of benzene rings is 3. The largest absolute Gasteiger partial charge is 0.497 e. The minimum atomic E-state index is -0.303. The molecule has 0 radical (unpaired) electrons. The molecule has 2 N–H and O–H groups in total. The first kappa shape index (κ1) is 26.7. The summed E-state index contributed by atoms with van der Waals surface area (Å²) in [5, 5.41) is 7.51. The topological polar surface area (TPSA) is 75.7 Å². The molecule has 1 unspecified atom stereocenters. The molecule has 0 bridgehead atoms. The summed E-state index contributed by atoms with van der Waals surface area (Å²) in [7, 11) is 3.25. The van der Waals surface area contributed by atoms with Crippen LogP contribution in [0.2, 0.25) is 0 Å². The zero-order valence-electron chi connectivity index (χ0n) is 21.9. The lowest BCUT2D eigenvalue weighted by atomic mass is 10.1. The van der Waals surface area contributed by atoms with E-state index in [4.69, 9.17) is 9.47 Å². The highest BCUT2D eigenvalue weighted by molar-refractivity contribution is 5.92. The van der Waals surface area contributed by atoms with Crippen LogP contribution in [0.15, 0.2) is 79.0 Å². The predicted molar refractivity (Wildman–Crippen MR) is 149 cm³/mol. The van der Waals surface area contributed by atoms with Gasteiger partial charge in [0.2, 0.25) is 0 Å². The molecule has 198 valence electrons. The van der Waals surface area contributed by atoms with Crippen LogP contribution in [0, 0.1) is 5.82 Å². The van der Waals surface area contributed by atoms with Crippen LogP contribution in [0.5, 0.6) is 11.5 Å². The first-order valence-corrected chi connectivity index (χ1v) is 12.6. The molecule has 0 aliphatic carbocycles. The average molecular weight is 517 g/mol. The molecule has 7 nitrogen and oxygen atoms in total. The Morgan fingerprint density at radius 3 is 2.45 bits per heavy atom. The quantitative estimate of drug-likeness (QED) is 0.232. The number of carbonyl (C=O) groups excluding carboxylic acids is 1. The van der Waals surface area contributed by atoms with E-state index in [0.717, 1.165) is 40.7 Å². The molecule has 4 rings (SSSR count). The average Bonchev–Trinajstić information content (AvgIpc) is 2.93. The van der Waals surface area contributed by atoms with E-state index in [1.807, 2.05) is 24.3 Å². The number of halogens is 1. The molecular formula is C30H33FN4O3. The number of pyridine rings is 1. The first-order chi connectivity index (χ1) is 18.4. The van der Waals surface area contributed by atoms with Gasteiger partial charge in [-0.3, -0.25) is 4.98 Å². The van der Waals surface area contributed by atoms with E-state index >= 15 is 0 Å². The maximum absolute atomic E-state index is 13.4. The summed E-state index contributed by atoms with van der Waals surface area (Å²) in [5.74, 6) is 1.18. The number of urea groups is 1. The minimum absolute atomic E-state index is 0.129. The predicted octanol–water partition coefficient (Wildman–Crippen LogP) is 6.71. The van der Waals surface area contributed by atoms with Crippen molar-refractivity contribution in [3.63, 3.8) is 0 Å². The van der Waals surface area contributed by atoms with Crippen LogP contribution in [0.4, 0.5) is 20.6 Å². The number of amides is 2. The highest BCUT2D eigenvalue weighted by Gasteiger charge is 2.16. The first-order valence-electron chi connectivity index (χ1n) is 12.6. The normalized spacial score (nSPS) is 11.6. The van der Waals surface area contributed by atoms with Gasteiger partial charge in [0, 0.05) is 42.5 Å². The van der Waals surface area contributed by atoms with Crippen molar-refractivity contribution in [2.45, 2.75) is 32.4 Å². The van der Waals surface area contributed by atoms with Crippen LogP contribution in [0.1, 0.15) is 25.3 Å². The third-order valence-electron chi connectivity index (χ3n) is 6.30. The van der Waals surface area contributed by atoms with E-state index in [2.05, 4.69) is 22.5 Å². The van der Waals surface area contributed by atoms with Crippen molar-refractivity contribution < 1.29 is 18.7 Å². The highest BCUT2D eigenvalue weighted by atomic mass is 19.1. The molecule has 8 heteroatoms. The maximum Gasteiger partial charge on any atom is 0.322 e. The number of aromatic nitrogens is 1. The molecule has 38 heavy (non-hydrogen) atoms. The minimum Gasteiger partial charge on any atom is -0.497 e. The Morgan fingerprint density at radius 2 is 1.74 bits per heavy atom. The second kappa shape index (κ2) is 12.8. The third-order valence-corrected chi connectivity index (χ3v) is 6.30. The number of hydrogen-bond donors (Lipinski definition) is 2. The van der Waals surface area contributed by atoms with Gasteiger partial charge >= 0.3 is 6.03 Å². The number of anilines is 2. The summed E-state index contributed by atoms with van der Waals surface area (Å²) >= 11 is 0. The smallest absolute Gasteiger partial charge is 0.322 e. The number of rotatable bonds is 11.